The van der Waals surface area contributed by atoms with E-state index in [2.05, 4.69) is 10.2 Å². The standard InChI is InChI=1S/C10H12ClN3O2/c11-5-7-3-4-14(6-7)10(16)8-1-2-9(15)13-12-8/h1-2,7H,3-6H2,(H,13,15). The first-order valence-corrected chi connectivity index (χ1v) is 5.65. The summed E-state index contributed by atoms with van der Waals surface area (Å²) in [6, 6.07) is 2.74. The van der Waals surface area contributed by atoms with Crippen molar-refractivity contribution in [3.63, 3.8) is 0 Å². The quantitative estimate of drug-likeness (QED) is 0.766. The number of aromatic amines is 1. The predicted molar refractivity (Wildman–Crippen MR) is 59.6 cm³/mol. The molecule has 1 aromatic heterocycles. The normalized spacial score (nSPS) is 20.1. The minimum atomic E-state index is -0.309. The van der Waals surface area contributed by atoms with Gasteiger partial charge >= 0.3 is 0 Å². The van der Waals surface area contributed by atoms with E-state index in [4.69, 9.17) is 11.6 Å². The van der Waals surface area contributed by atoms with Crippen molar-refractivity contribution in [1.29, 1.82) is 0 Å². The molecule has 1 unspecified atom stereocenters. The molecule has 2 heterocycles. The lowest BCUT2D eigenvalue weighted by Crippen LogP contribution is -2.30. The van der Waals surface area contributed by atoms with E-state index in [-0.39, 0.29) is 17.2 Å². The monoisotopic (exact) mass is 241 g/mol. The van der Waals surface area contributed by atoms with Crippen molar-refractivity contribution in [2.45, 2.75) is 6.42 Å². The molecule has 1 N–H and O–H groups in total. The number of rotatable bonds is 2. The fraction of sp³-hybridized carbons (Fsp3) is 0.500. The number of carbonyl (C=O) groups excluding carboxylic acids is 1. The Morgan fingerprint density at radius 1 is 1.62 bits per heavy atom. The average molecular weight is 242 g/mol. The zero-order chi connectivity index (χ0) is 11.5. The summed E-state index contributed by atoms with van der Waals surface area (Å²) in [4.78, 5) is 24.4. The largest absolute Gasteiger partial charge is 0.337 e. The SMILES string of the molecule is O=C(c1ccc(=O)[nH]n1)N1CCC(CCl)C1. The molecule has 1 aliphatic heterocycles. The van der Waals surface area contributed by atoms with Crippen molar-refractivity contribution in [3.8, 4) is 0 Å². The molecule has 6 heteroatoms. The minimum absolute atomic E-state index is 0.149. The Balaban J connectivity index is 2.08. The number of carbonyl (C=O) groups is 1. The molecule has 1 aliphatic rings. The van der Waals surface area contributed by atoms with Crippen LogP contribution in [0.1, 0.15) is 16.9 Å². The second kappa shape index (κ2) is 4.65. The van der Waals surface area contributed by atoms with E-state index in [1.165, 1.54) is 12.1 Å². The van der Waals surface area contributed by atoms with Crippen molar-refractivity contribution in [1.82, 2.24) is 15.1 Å². The lowest BCUT2D eigenvalue weighted by molar-refractivity contribution is 0.0781. The molecular formula is C10H12ClN3O2. The molecule has 0 spiro atoms. The lowest BCUT2D eigenvalue weighted by Gasteiger charge is -2.14. The van der Waals surface area contributed by atoms with Crippen LogP contribution in [0.5, 0.6) is 0 Å². The molecule has 86 valence electrons. The Hall–Kier alpha value is -1.36. The van der Waals surface area contributed by atoms with E-state index in [1.54, 1.807) is 4.90 Å². The summed E-state index contributed by atoms with van der Waals surface area (Å²) in [5, 5.41) is 5.96. The van der Waals surface area contributed by atoms with E-state index in [0.29, 0.717) is 24.9 Å². The number of hydrogen-bond acceptors (Lipinski definition) is 3. The Labute approximate surface area is 97.4 Å². The highest BCUT2D eigenvalue weighted by atomic mass is 35.5. The number of halogens is 1. The van der Waals surface area contributed by atoms with E-state index >= 15 is 0 Å². The average Bonchev–Trinajstić information content (AvgIpc) is 2.77. The third-order valence-electron chi connectivity index (χ3n) is 2.69. The Kier molecular flexibility index (Phi) is 3.24. The number of aromatic nitrogens is 2. The summed E-state index contributed by atoms with van der Waals surface area (Å²) in [5.41, 5.74) is -0.0357. The van der Waals surface area contributed by atoms with Gasteiger partial charge in [0.1, 0.15) is 5.69 Å². The molecule has 0 saturated carbocycles. The van der Waals surface area contributed by atoms with Crippen LogP contribution < -0.4 is 5.56 Å². The molecule has 1 fully saturated rings. The van der Waals surface area contributed by atoms with Gasteiger partial charge in [-0.3, -0.25) is 9.59 Å². The van der Waals surface area contributed by atoms with Crippen molar-refractivity contribution in [3.05, 3.63) is 28.2 Å². The van der Waals surface area contributed by atoms with Crippen LogP contribution in [0.3, 0.4) is 0 Å². The number of amides is 1. The number of H-pyrrole nitrogens is 1. The van der Waals surface area contributed by atoms with Gasteiger partial charge in [-0.2, -0.15) is 5.10 Å². The van der Waals surface area contributed by atoms with Gasteiger partial charge < -0.3 is 4.90 Å². The van der Waals surface area contributed by atoms with Crippen molar-refractivity contribution < 1.29 is 4.79 Å². The maximum atomic E-state index is 11.9. The zero-order valence-electron chi connectivity index (χ0n) is 8.65. The van der Waals surface area contributed by atoms with Crippen LogP contribution in [0.25, 0.3) is 0 Å². The van der Waals surface area contributed by atoms with Crippen LogP contribution >= 0.6 is 11.6 Å². The van der Waals surface area contributed by atoms with Gasteiger partial charge in [-0.25, -0.2) is 5.10 Å². The highest BCUT2D eigenvalue weighted by molar-refractivity contribution is 6.18. The molecule has 5 nitrogen and oxygen atoms in total. The molecule has 1 saturated heterocycles. The van der Waals surface area contributed by atoms with E-state index < -0.39 is 0 Å². The van der Waals surface area contributed by atoms with E-state index in [1.807, 2.05) is 0 Å². The molecule has 1 aromatic rings. The lowest BCUT2D eigenvalue weighted by atomic mass is 10.2. The van der Waals surface area contributed by atoms with Gasteiger partial charge in [0.2, 0.25) is 0 Å². The van der Waals surface area contributed by atoms with Gasteiger partial charge in [-0.15, -0.1) is 11.6 Å². The summed E-state index contributed by atoms with van der Waals surface area (Å²) in [7, 11) is 0. The van der Waals surface area contributed by atoms with Gasteiger partial charge in [-0.1, -0.05) is 0 Å². The predicted octanol–water partition coefficient (Wildman–Crippen LogP) is 0.471. The third kappa shape index (κ3) is 2.24. The first kappa shape index (κ1) is 11.1. The maximum Gasteiger partial charge on any atom is 0.274 e. The van der Waals surface area contributed by atoms with Crippen molar-refractivity contribution >= 4 is 17.5 Å². The fourth-order valence-corrected chi connectivity index (χ4v) is 2.02. The molecule has 1 atom stereocenters. The fourth-order valence-electron chi connectivity index (χ4n) is 1.77. The van der Waals surface area contributed by atoms with Crippen LogP contribution in [0, 0.1) is 5.92 Å². The molecule has 0 aliphatic carbocycles. The Bertz CT molecular complexity index is 425. The Morgan fingerprint density at radius 3 is 3.00 bits per heavy atom. The van der Waals surface area contributed by atoms with Gasteiger partial charge in [0.05, 0.1) is 0 Å². The van der Waals surface area contributed by atoms with E-state index in [0.717, 1.165) is 6.42 Å². The summed E-state index contributed by atoms with van der Waals surface area (Å²) >= 11 is 5.74. The van der Waals surface area contributed by atoms with Crippen LogP contribution in [0.15, 0.2) is 16.9 Å². The molecule has 2 rings (SSSR count). The van der Waals surface area contributed by atoms with Crippen molar-refractivity contribution in [2.24, 2.45) is 5.92 Å². The number of likely N-dealkylation sites (tertiary alicyclic amines) is 1. The first-order valence-electron chi connectivity index (χ1n) is 5.11. The topological polar surface area (TPSA) is 66.1 Å². The van der Waals surface area contributed by atoms with Gasteiger partial charge in [0, 0.05) is 25.0 Å². The van der Waals surface area contributed by atoms with Crippen molar-refractivity contribution in [2.75, 3.05) is 19.0 Å². The molecule has 16 heavy (non-hydrogen) atoms. The second-order valence-corrected chi connectivity index (χ2v) is 4.18. The maximum absolute atomic E-state index is 11.9. The van der Waals surface area contributed by atoms with Gasteiger partial charge in [0.25, 0.3) is 11.5 Å². The van der Waals surface area contributed by atoms with Crippen LogP contribution in [0.2, 0.25) is 0 Å². The van der Waals surface area contributed by atoms with E-state index in [9.17, 15) is 9.59 Å². The molecule has 0 radical (unpaired) electrons. The molecule has 0 bridgehead atoms. The van der Waals surface area contributed by atoms with Crippen LogP contribution in [-0.2, 0) is 0 Å². The number of hydrogen-bond donors (Lipinski definition) is 1. The second-order valence-electron chi connectivity index (χ2n) is 3.87. The van der Waals surface area contributed by atoms with Crippen LogP contribution in [0.4, 0.5) is 0 Å². The summed E-state index contributed by atoms with van der Waals surface area (Å²) in [5.74, 6) is 0.792. The smallest absolute Gasteiger partial charge is 0.274 e. The number of nitrogens with zero attached hydrogens (tertiary/aromatic N) is 2. The third-order valence-corrected chi connectivity index (χ3v) is 3.13. The highest BCUT2D eigenvalue weighted by Gasteiger charge is 2.26. The minimum Gasteiger partial charge on any atom is -0.337 e. The number of nitrogens with one attached hydrogen (secondary N) is 1. The first-order chi connectivity index (χ1) is 7.70. The number of alkyl halides is 1. The zero-order valence-corrected chi connectivity index (χ0v) is 9.41. The summed E-state index contributed by atoms with van der Waals surface area (Å²) in [6.07, 6.45) is 0.929. The molecular weight excluding hydrogens is 230 g/mol. The van der Waals surface area contributed by atoms with Crippen LogP contribution in [-0.4, -0.2) is 40.0 Å². The summed E-state index contributed by atoms with van der Waals surface area (Å²) in [6.45, 7) is 1.38. The Morgan fingerprint density at radius 2 is 2.44 bits per heavy atom. The van der Waals surface area contributed by atoms with Gasteiger partial charge in [-0.05, 0) is 18.4 Å². The molecule has 0 aromatic carbocycles. The highest BCUT2D eigenvalue weighted by Crippen LogP contribution is 2.18. The van der Waals surface area contributed by atoms with Gasteiger partial charge in [0.15, 0.2) is 0 Å². The molecule has 1 amide bonds. The summed E-state index contributed by atoms with van der Waals surface area (Å²) < 4.78 is 0.